The second-order valence-corrected chi connectivity index (χ2v) is 5.05. The molecule has 2 rings (SSSR count). The van der Waals surface area contributed by atoms with Crippen LogP contribution in [0.15, 0.2) is 24.3 Å². The highest BCUT2D eigenvalue weighted by Gasteiger charge is 2.32. The molecule has 0 bridgehead atoms. The lowest BCUT2D eigenvalue weighted by Gasteiger charge is -2.22. The highest BCUT2D eigenvalue weighted by atomic mass is 16.4. The van der Waals surface area contributed by atoms with Crippen molar-refractivity contribution in [2.24, 2.45) is 0 Å². The largest absolute Gasteiger partial charge is 0.481 e. The summed E-state index contributed by atoms with van der Waals surface area (Å²) in [7, 11) is 0. The number of carboxylic acid groups (broad SMARTS) is 1. The van der Waals surface area contributed by atoms with E-state index in [0.29, 0.717) is 0 Å². The molecule has 0 unspecified atom stereocenters. The third kappa shape index (κ3) is 3.98. The minimum absolute atomic E-state index is 0.0152. The van der Waals surface area contributed by atoms with Crippen molar-refractivity contribution in [3.63, 3.8) is 0 Å². The summed E-state index contributed by atoms with van der Waals surface area (Å²) in [5.41, 5.74) is 1.96. The Morgan fingerprint density at radius 3 is 2.45 bits per heavy atom. The fraction of sp³-hybridized carbons (Fsp3) is 0.467. The van der Waals surface area contributed by atoms with E-state index in [0.717, 1.165) is 24.9 Å². The molecule has 1 aromatic rings. The number of nitrogens with zero attached hydrogens (tertiary/aromatic N) is 1. The molecule has 20 heavy (non-hydrogen) atoms. The Balaban J connectivity index is 1.94. The summed E-state index contributed by atoms with van der Waals surface area (Å²) in [6.07, 6.45) is 2.86. The second kappa shape index (κ2) is 6.41. The predicted molar refractivity (Wildman–Crippen MR) is 76.8 cm³/mol. The number of anilines is 1. The quantitative estimate of drug-likeness (QED) is 0.839. The first-order chi connectivity index (χ1) is 9.60. The number of hydrogen-bond donors (Lipinski definition) is 2. The lowest BCUT2D eigenvalue weighted by molar-refractivity contribution is -0.137. The highest BCUT2D eigenvalue weighted by Crippen LogP contribution is 2.27. The molecule has 0 radical (unpaired) electrons. The van der Waals surface area contributed by atoms with Crippen molar-refractivity contribution in [3.05, 3.63) is 29.8 Å². The van der Waals surface area contributed by atoms with Gasteiger partial charge in [0.05, 0.1) is 6.42 Å². The highest BCUT2D eigenvalue weighted by molar-refractivity contribution is 5.90. The molecule has 2 amide bonds. The van der Waals surface area contributed by atoms with Crippen molar-refractivity contribution in [2.75, 3.05) is 11.9 Å². The standard InChI is InChI=1S/C15H20N2O3/c1-2-11-3-5-12(6-4-11)16-15(20)17(13-7-8-13)10-9-14(18)19/h3-6,13H,2,7-10H2,1H3,(H,16,20)(H,18,19). The van der Waals surface area contributed by atoms with Crippen LogP contribution in [0.2, 0.25) is 0 Å². The lowest BCUT2D eigenvalue weighted by atomic mass is 10.1. The van der Waals surface area contributed by atoms with Crippen LogP contribution in [-0.2, 0) is 11.2 Å². The van der Waals surface area contributed by atoms with Gasteiger partial charge < -0.3 is 15.3 Å². The van der Waals surface area contributed by atoms with Crippen molar-refractivity contribution in [2.45, 2.75) is 38.6 Å². The monoisotopic (exact) mass is 276 g/mol. The van der Waals surface area contributed by atoms with Gasteiger partial charge in [0.2, 0.25) is 0 Å². The van der Waals surface area contributed by atoms with Gasteiger partial charge in [0.15, 0.2) is 0 Å². The Labute approximate surface area is 118 Å². The Morgan fingerprint density at radius 2 is 1.95 bits per heavy atom. The lowest BCUT2D eigenvalue weighted by Crippen LogP contribution is -2.38. The van der Waals surface area contributed by atoms with Crippen molar-refractivity contribution in [1.82, 2.24) is 4.90 Å². The molecule has 0 aliphatic heterocycles. The summed E-state index contributed by atoms with van der Waals surface area (Å²) in [5.74, 6) is -0.879. The molecule has 1 aromatic carbocycles. The predicted octanol–water partition coefficient (Wildman–Crippen LogP) is 2.72. The zero-order valence-corrected chi connectivity index (χ0v) is 11.6. The van der Waals surface area contributed by atoms with Crippen LogP contribution in [0.4, 0.5) is 10.5 Å². The van der Waals surface area contributed by atoms with Gasteiger partial charge in [-0.3, -0.25) is 4.79 Å². The number of amides is 2. The zero-order valence-electron chi connectivity index (χ0n) is 11.6. The molecule has 2 N–H and O–H groups in total. The molecule has 0 spiro atoms. The number of carbonyl (C=O) groups excluding carboxylic acids is 1. The molecule has 0 heterocycles. The first-order valence-electron chi connectivity index (χ1n) is 6.98. The van der Waals surface area contributed by atoms with Crippen LogP contribution in [0.5, 0.6) is 0 Å². The van der Waals surface area contributed by atoms with Gasteiger partial charge in [-0.05, 0) is 37.0 Å². The number of hydrogen-bond acceptors (Lipinski definition) is 2. The first kappa shape index (κ1) is 14.4. The van der Waals surface area contributed by atoms with Crippen molar-refractivity contribution in [3.8, 4) is 0 Å². The van der Waals surface area contributed by atoms with E-state index in [9.17, 15) is 9.59 Å². The summed E-state index contributed by atoms with van der Waals surface area (Å²) in [4.78, 5) is 24.4. The topological polar surface area (TPSA) is 69.6 Å². The van der Waals surface area contributed by atoms with Crippen LogP contribution in [-0.4, -0.2) is 34.6 Å². The molecule has 108 valence electrons. The third-order valence-corrected chi connectivity index (χ3v) is 3.43. The molecule has 0 aromatic heterocycles. The Bertz CT molecular complexity index is 480. The summed E-state index contributed by atoms with van der Waals surface area (Å²) in [5, 5.41) is 11.6. The van der Waals surface area contributed by atoms with Crippen molar-refractivity contribution < 1.29 is 14.7 Å². The number of rotatable bonds is 6. The van der Waals surface area contributed by atoms with E-state index in [-0.39, 0.29) is 25.0 Å². The molecule has 1 fully saturated rings. The maximum absolute atomic E-state index is 12.2. The maximum Gasteiger partial charge on any atom is 0.322 e. The van der Waals surface area contributed by atoms with E-state index in [4.69, 9.17) is 5.11 Å². The van der Waals surface area contributed by atoms with Gasteiger partial charge in [0.25, 0.3) is 0 Å². The molecule has 5 nitrogen and oxygen atoms in total. The van der Waals surface area contributed by atoms with Crippen LogP contribution in [0.3, 0.4) is 0 Å². The molecule has 1 saturated carbocycles. The van der Waals surface area contributed by atoms with Gasteiger partial charge in [0.1, 0.15) is 0 Å². The number of aliphatic carboxylic acids is 1. The number of carbonyl (C=O) groups is 2. The molecule has 0 atom stereocenters. The first-order valence-corrected chi connectivity index (χ1v) is 6.98. The number of urea groups is 1. The van der Waals surface area contributed by atoms with E-state index in [1.54, 1.807) is 4.90 Å². The van der Waals surface area contributed by atoms with Gasteiger partial charge in [-0.15, -0.1) is 0 Å². The van der Waals surface area contributed by atoms with Crippen LogP contribution < -0.4 is 5.32 Å². The van der Waals surface area contributed by atoms with Gasteiger partial charge >= 0.3 is 12.0 Å². The SMILES string of the molecule is CCc1ccc(NC(=O)N(CCC(=O)O)C2CC2)cc1. The van der Waals surface area contributed by atoms with E-state index in [1.165, 1.54) is 5.56 Å². The maximum atomic E-state index is 12.2. The van der Waals surface area contributed by atoms with Gasteiger partial charge in [-0.25, -0.2) is 4.79 Å². The minimum Gasteiger partial charge on any atom is -0.481 e. The van der Waals surface area contributed by atoms with Crippen molar-refractivity contribution >= 4 is 17.7 Å². The van der Waals surface area contributed by atoms with Gasteiger partial charge in [0, 0.05) is 18.3 Å². The molecule has 5 heteroatoms. The smallest absolute Gasteiger partial charge is 0.322 e. The van der Waals surface area contributed by atoms with Crippen LogP contribution in [0.1, 0.15) is 31.7 Å². The summed E-state index contributed by atoms with van der Waals surface area (Å²) < 4.78 is 0. The average Bonchev–Trinajstić information content (AvgIpc) is 3.24. The minimum atomic E-state index is -0.879. The Morgan fingerprint density at radius 1 is 1.30 bits per heavy atom. The molecular weight excluding hydrogens is 256 g/mol. The van der Waals surface area contributed by atoms with Crippen molar-refractivity contribution in [1.29, 1.82) is 0 Å². The molecule has 1 aliphatic carbocycles. The molecule has 1 aliphatic rings. The summed E-state index contributed by atoms with van der Waals surface area (Å²) in [6.45, 7) is 2.34. The number of aryl methyl sites for hydroxylation is 1. The van der Waals surface area contributed by atoms with E-state index < -0.39 is 5.97 Å². The zero-order chi connectivity index (χ0) is 14.5. The van der Waals surface area contributed by atoms with E-state index >= 15 is 0 Å². The number of carboxylic acids is 1. The van der Waals surface area contributed by atoms with Crippen LogP contribution >= 0.6 is 0 Å². The Hall–Kier alpha value is -2.04. The van der Waals surface area contributed by atoms with Gasteiger partial charge in [-0.2, -0.15) is 0 Å². The van der Waals surface area contributed by atoms with Gasteiger partial charge in [-0.1, -0.05) is 19.1 Å². The number of nitrogens with one attached hydrogen (secondary N) is 1. The molecular formula is C15H20N2O3. The van der Waals surface area contributed by atoms with E-state index in [1.807, 2.05) is 24.3 Å². The average molecular weight is 276 g/mol. The third-order valence-electron chi connectivity index (χ3n) is 3.43. The summed E-state index contributed by atoms with van der Waals surface area (Å²) in [6, 6.07) is 7.70. The van der Waals surface area contributed by atoms with Crippen LogP contribution in [0, 0.1) is 0 Å². The molecule has 0 saturated heterocycles. The van der Waals surface area contributed by atoms with Crippen LogP contribution in [0.25, 0.3) is 0 Å². The second-order valence-electron chi connectivity index (χ2n) is 5.05. The normalized spacial score (nSPS) is 13.8. The number of benzene rings is 1. The fourth-order valence-electron chi connectivity index (χ4n) is 2.07. The summed E-state index contributed by atoms with van der Waals surface area (Å²) >= 11 is 0. The Kier molecular flexibility index (Phi) is 4.61. The fourth-order valence-corrected chi connectivity index (χ4v) is 2.07. The van der Waals surface area contributed by atoms with E-state index in [2.05, 4.69) is 12.2 Å².